The Morgan fingerprint density at radius 2 is 1.92 bits per heavy atom. The van der Waals surface area contributed by atoms with Crippen molar-refractivity contribution < 1.29 is 4.74 Å². The van der Waals surface area contributed by atoms with Crippen molar-refractivity contribution >= 4 is 22.9 Å². The Labute approximate surface area is 147 Å². The second-order valence-electron chi connectivity index (χ2n) is 5.80. The molecule has 1 aromatic heterocycles. The maximum absolute atomic E-state index is 5.68. The molecular formula is C20H24N2OS. The largest absolute Gasteiger partial charge is 0.494 e. The van der Waals surface area contributed by atoms with E-state index in [0.29, 0.717) is 0 Å². The lowest BCUT2D eigenvalue weighted by Gasteiger charge is -2.07. The molecule has 0 radical (unpaired) electrons. The third-order valence-corrected chi connectivity index (χ3v) is 4.72. The topological polar surface area (TPSA) is 37.0 Å². The molecule has 0 bridgehead atoms. The Morgan fingerprint density at radius 3 is 2.71 bits per heavy atom. The number of nitrogens with one attached hydrogen (secondary N) is 2. The van der Waals surface area contributed by atoms with E-state index in [1.807, 2.05) is 12.1 Å². The Morgan fingerprint density at radius 1 is 1.08 bits per heavy atom. The number of ether oxygens (including phenoxy) is 1. The standard InChI is InChI=1S/C20H24N2OS/c1-2-3-14-23-18-8-10-19(11-9-18)24-21-13-12-17-15-16-6-4-5-7-20(16)22-17/h4-11,15,21-22H,2-3,12-14H2,1H3. The summed E-state index contributed by atoms with van der Waals surface area (Å²) in [6.45, 7) is 3.89. The zero-order valence-electron chi connectivity index (χ0n) is 14.0. The lowest BCUT2D eigenvalue weighted by atomic mass is 10.2. The van der Waals surface area contributed by atoms with Crippen LogP contribution in [0.25, 0.3) is 10.9 Å². The summed E-state index contributed by atoms with van der Waals surface area (Å²) in [5.74, 6) is 0.950. The van der Waals surface area contributed by atoms with Gasteiger partial charge in [-0.1, -0.05) is 31.5 Å². The molecule has 0 amide bonds. The van der Waals surface area contributed by atoms with Gasteiger partial charge >= 0.3 is 0 Å². The van der Waals surface area contributed by atoms with Gasteiger partial charge in [-0.25, -0.2) is 0 Å². The number of rotatable bonds is 9. The first-order valence-electron chi connectivity index (χ1n) is 8.54. The third-order valence-electron chi connectivity index (χ3n) is 3.86. The molecule has 24 heavy (non-hydrogen) atoms. The molecule has 0 unspecified atom stereocenters. The maximum atomic E-state index is 5.68. The molecule has 0 fully saturated rings. The van der Waals surface area contributed by atoms with Crippen molar-refractivity contribution in [3.8, 4) is 5.75 Å². The van der Waals surface area contributed by atoms with E-state index < -0.39 is 0 Å². The zero-order valence-corrected chi connectivity index (χ0v) is 14.9. The van der Waals surface area contributed by atoms with Crippen LogP contribution in [0.4, 0.5) is 0 Å². The van der Waals surface area contributed by atoms with Crippen LogP contribution >= 0.6 is 11.9 Å². The molecule has 0 spiro atoms. The lowest BCUT2D eigenvalue weighted by Crippen LogP contribution is -2.08. The van der Waals surface area contributed by atoms with Crippen molar-refractivity contribution in [3.05, 3.63) is 60.3 Å². The second kappa shape index (κ2) is 8.81. The summed E-state index contributed by atoms with van der Waals surface area (Å²) in [6.07, 6.45) is 3.25. The van der Waals surface area contributed by atoms with E-state index in [0.717, 1.165) is 38.2 Å². The van der Waals surface area contributed by atoms with E-state index in [2.05, 4.69) is 59.1 Å². The third kappa shape index (κ3) is 4.79. The highest BCUT2D eigenvalue weighted by molar-refractivity contribution is 7.97. The van der Waals surface area contributed by atoms with Gasteiger partial charge in [0, 0.05) is 29.1 Å². The van der Waals surface area contributed by atoms with Crippen LogP contribution in [0.5, 0.6) is 5.75 Å². The van der Waals surface area contributed by atoms with Gasteiger partial charge in [-0.15, -0.1) is 0 Å². The summed E-state index contributed by atoms with van der Waals surface area (Å²) >= 11 is 1.66. The molecule has 0 saturated carbocycles. The van der Waals surface area contributed by atoms with Crippen molar-refractivity contribution in [1.82, 2.24) is 9.71 Å². The lowest BCUT2D eigenvalue weighted by molar-refractivity contribution is 0.309. The number of unbranched alkanes of at least 4 members (excludes halogenated alkanes) is 1. The van der Waals surface area contributed by atoms with Gasteiger partial charge in [-0.3, -0.25) is 4.72 Å². The maximum Gasteiger partial charge on any atom is 0.119 e. The zero-order chi connectivity index (χ0) is 16.6. The minimum atomic E-state index is 0.797. The van der Waals surface area contributed by atoms with Gasteiger partial charge in [0.1, 0.15) is 5.75 Å². The fraction of sp³-hybridized carbons (Fsp3) is 0.300. The number of aromatic nitrogens is 1. The van der Waals surface area contributed by atoms with E-state index in [1.165, 1.54) is 21.5 Å². The molecule has 2 N–H and O–H groups in total. The van der Waals surface area contributed by atoms with Crippen LogP contribution < -0.4 is 9.46 Å². The number of para-hydroxylation sites is 1. The predicted molar refractivity (Wildman–Crippen MR) is 103 cm³/mol. The van der Waals surface area contributed by atoms with Crippen molar-refractivity contribution in [2.45, 2.75) is 31.1 Å². The summed E-state index contributed by atoms with van der Waals surface area (Å²) in [5, 5.41) is 1.28. The summed E-state index contributed by atoms with van der Waals surface area (Å²) in [7, 11) is 0. The van der Waals surface area contributed by atoms with Crippen molar-refractivity contribution in [2.75, 3.05) is 13.2 Å². The van der Waals surface area contributed by atoms with Gasteiger partial charge in [0.05, 0.1) is 6.61 Å². The molecule has 2 aromatic carbocycles. The van der Waals surface area contributed by atoms with Crippen LogP contribution in [-0.2, 0) is 6.42 Å². The normalized spacial score (nSPS) is 11.0. The van der Waals surface area contributed by atoms with Crippen LogP contribution in [0.15, 0.2) is 59.5 Å². The predicted octanol–water partition coefficient (Wildman–Crippen LogP) is 5.19. The fourth-order valence-electron chi connectivity index (χ4n) is 2.53. The van der Waals surface area contributed by atoms with E-state index >= 15 is 0 Å². The van der Waals surface area contributed by atoms with Gasteiger partial charge < -0.3 is 9.72 Å². The highest BCUT2D eigenvalue weighted by Crippen LogP contribution is 2.20. The highest BCUT2D eigenvalue weighted by atomic mass is 32.2. The number of fused-ring (bicyclic) bond motifs is 1. The summed E-state index contributed by atoms with van der Waals surface area (Å²) in [5.41, 5.74) is 2.47. The fourth-order valence-corrected chi connectivity index (χ4v) is 3.17. The Hall–Kier alpha value is -1.91. The SMILES string of the molecule is CCCCOc1ccc(SNCCc2cc3ccccc3[nH]2)cc1. The van der Waals surface area contributed by atoms with Crippen LogP contribution in [0, 0.1) is 0 Å². The highest BCUT2D eigenvalue weighted by Gasteiger charge is 2.00. The molecule has 0 saturated heterocycles. The molecule has 0 atom stereocenters. The molecular weight excluding hydrogens is 316 g/mol. The molecule has 0 aliphatic carbocycles. The Balaban J connectivity index is 1.41. The monoisotopic (exact) mass is 340 g/mol. The number of hydrogen-bond acceptors (Lipinski definition) is 3. The minimum Gasteiger partial charge on any atom is -0.494 e. The van der Waals surface area contributed by atoms with Crippen LogP contribution in [-0.4, -0.2) is 18.1 Å². The first-order chi connectivity index (χ1) is 11.8. The molecule has 126 valence electrons. The van der Waals surface area contributed by atoms with Gasteiger partial charge in [0.15, 0.2) is 0 Å². The van der Waals surface area contributed by atoms with Crippen molar-refractivity contribution in [1.29, 1.82) is 0 Å². The van der Waals surface area contributed by atoms with E-state index in [-0.39, 0.29) is 0 Å². The first-order valence-corrected chi connectivity index (χ1v) is 9.36. The molecule has 0 aliphatic heterocycles. The number of H-pyrrole nitrogens is 1. The summed E-state index contributed by atoms with van der Waals surface area (Å²) in [6, 6.07) is 18.9. The minimum absolute atomic E-state index is 0.797. The molecule has 0 aliphatic rings. The molecule has 1 heterocycles. The van der Waals surface area contributed by atoms with E-state index in [4.69, 9.17) is 4.74 Å². The Kier molecular flexibility index (Phi) is 6.21. The number of hydrogen-bond donors (Lipinski definition) is 2. The smallest absolute Gasteiger partial charge is 0.119 e. The number of benzene rings is 2. The van der Waals surface area contributed by atoms with Crippen LogP contribution in [0.3, 0.4) is 0 Å². The van der Waals surface area contributed by atoms with Gasteiger partial charge in [0.25, 0.3) is 0 Å². The van der Waals surface area contributed by atoms with E-state index in [9.17, 15) is 0 Å². The molecule has 3 rings (SSSR count). The van der Waals surface area contributed by atoms with E-state index in [1.54, 1.807) is 11.9 Å². The molecule has 3 nitrogen and oxygen atoms in total. The van der Waals surface area contributed by atoms with Gasteiger partial charge in [-0.05, 0) is 60.2 Å². The van der Waals surface area contributed by atoms with Crippen LogP contribution in [0.2, 0.25) is 0 Å². The Bertz CT molecular complexity index is 719. The van der Waals surface area contributed by atoms with Gasteiger partial charge in [-0.2, -0.15) is 0 Å². The molecule has 3 aromatic rings. The summed E-state index contributed by atoms with van der Waals surface area (Å²) in [4.78, 5) is 4.66. The van der Waals surface area contributed by atoms with Crippen molar-refractivity contribution in [2.24, 2.45) is 0 Å². The average molecular weight is 340 g/mol. The molecule has 4 heteroatoms. The van der Waals surface area contributed by atoms with Crippen LogP contribution in [0.1, 0.15) is 25.5 Å². The van der Waals surface area contributed by atoms with Gasteiger partial charge in [0.2, 0.25) is 0 Å². The first kappa shape index (κ1) is 16.9. The quantitative estimate of drug-likeness (QED) is 0.416. The number of aromatic amines is 1. The average Bonchev–Trinajstić information content (AvgIpc) is 3.03. The van der Waals surface area contributed by atoms with Crippen molar-refractivity contribution in [3.63, 3.8) is 0 Å². The second-order valence-corrected chi connectivity index (χ2v) is 6.77. The summed E-state index contributed by atoms with van der Waals surface area (Å²) < 4.78 is 9.10.